The first-order valence-electron chi connectivity index (χ1n) is 7.98. The van der Waals surface area contributed by atoms with Crippen LogP contribution in [0, 0.1) is 6.92 Å². The summed E-state index contributed by atoms with van der Waals surface area (Å²) in [5, 5.41) is 7.98. The average molecular weight is 361 g/mol. The fourth-order valence-corrected chi connectivity index (χ4v) is 3.35. The molecule has 0 fully saturated rings. The smallest absolute Gasteiger partial charge is 0.211 e. The van der Waals surface area contributed by atoms with E-state index in [1.807, 2.05) is 54.8 Å². The largest absolute Gasteiger partial charge is 0.338 e. The summed E-state index contributed by atoms with van der Waals surface area (Å²) in [6.07, 6.45) is 2.44. The van der Waals surface area contributed by atoms with E-state index in [2.05, 4.69) is 20.6 Å². The number of nitrogens with zero attached hydrogens (tertiary/aromatic N) is 3. The first kappa shape index (κ1) is 16.2. The molecule has 0 aliphatic rings. The molecule has 3 heterocycles. The standard InChI is InChI=1S/C19H15N5OS/c1-12-5-6-15(10-20-12)22-19-17-16(7-8-26-17)23-18(24-19)13-3-2-4-14(9-13)21-11-25/h2-11H,1H3,(H,21,25)(H,22,23,24). The molecular weight excluding hydrogens is 346 g/mol. The normalized spacial score (nSPS) is 10.7. The Morgan fingerprint density at radius 3 is 2.81 bits per heavy atom. The third-order valence-electron chi connectivity index (χ3n) is 3.82. The zero-order chi connectivity index (χ0) is 17.9. The van der Waals surface area contributed by atoms with E-state index in [0.717, 1.165) is 33.0 Å². The van der Waals surface area contributed by atoms with Gasteiger partial charge in [-0.15, -0.1) is 11.3 Å². The van der Waals surface area contributed by atoms with Gasteiger partial charge in [0, 0.05) is 16.9 Å². The summed E-state index contributed by atoms with van der Waals surface area (Å²) in [5.41, 5.74) is 4.22. The number of aryl methyl sites for hydroxylation is 1. The molecule has 3 aromatic heterocycles. The van der Waals surface area contributed by atoms with E-state index in [-0.39, 0.29) is 0 Å². The second-order valence-corrected chi connectivity index (χ2v) is 6.60. The van der Waals surface area contributed by atoms with E-state index >= 15 is 0 Å². The van der Waals surface area contributed by atoms with E-state index < -0.39 is 0 Å². The van der Waals surface area contributed by atoms with Gasteiger partial charge in [0.2, 0.25) is 6.41 Å². The summed E-state index contributed by atoms with van der Waals surface area (Å²) in [5.74, 6) is 1.33. The molecule has 4 aromatic rings. The Morgan fingerprint density at radius 1 is 1.08 bits per heavy atom. The predicted molar refractivity (Wildman–Crippen MR) is 105 cm³/mol. The lowest BCUT2D eigenvalue weighted by atomic mass is 10.2. The number of pyridine rings is 1. The predicted octanol–water partition coefficient (Wildman–Crippen LogP) is 4.37. The molecule has 0 aliphatic heterocycles. The topological polar surface area (TPSA) is 79.8 Å². The van der Waals surface area contributed by atoms with Gasteiger partial charge >= 0.3 is 0 Å². The van der Waals surface area contributed by atoms with Gasteiger partial charge in [-0.1, -0.05) is 12.1 Å². The minimum atomic E-state index is 0.591. The molecule has 6 nitrogen and oxygen atoms in total. The summed E-state index contributed by atoms with van der Waals surface area (Å²) in [6.45, 7) is 1.95. The molecule has 0 radical (unpaired) electrons. The summed E-state index contributed by atoms with van der Waals surface area (Å²) in [6, 6.07) is 13.3. The van der Waals surface area contributed by atoms with Crippen LogP contribution in [-0.2, 0) is 4.79 Å². The van der Waals surface area contributed by atoms with Crippen LogP contribution in [0.3, 0.4) is 0 Å². The van der Waals surface area contributed by atoms with Crippen LogP contribution in [0.1, 0.15) is 5.69 Å². The van der Waals surface area contributed by atoms with Crippen molar-refractivity contribution < 1.29 is 4.79 Å². The molecule has 0 saturated carbocycles. The number of fused-ring (bicyclic) bond motifs is 1. The highest BCUT2D eigenvalue weighted by Crippen LogP contribution is 2.31. The quantitative estimate of drug-likeness (QED) is 0.516. The second-order valence-electron chi connectivity index (χ2n) is 5.69. The van der Waals surface area contributed by atoms with Crippen molar-refractivity contribution in [3.05, 3.63) is 59.7 Å². The Morgan fingerprint density at radius 2 is 2.00 bits per heavy atom. The maximum atomic E-state index is 10.7. The number of anilines is 3. The number of carbonyl (C=O) groups excluding carboxylic acids is 1. The highest BCUT2D eigenvalue weighted by Gasteiger charge is 2.11. The number of rotatable bonds is 5. The summed E-state index contributed by atoms with van der Waals surface area (Å²) in [7, 11) is 0. The number of carbonyl (C=O) groups is 1. The summed E-state index contributed by atoms with van der Waals surface area (Å²) >= 11 is 1.58. The van der Waals surface area contributed by atoms with Gasteiger partial charge in [-0.25, -0.2) is 9.97 Å². The van der Waals surface area contributed by atoms with Gasteiger partial charge in [0.1, 0.15) is 0 Å². The summed E-state index contributed by atoms with van der Waals surface area (Å²) in [4.78, 5) is 24.4. The van der Waals surface area contributed by atoms with E-state index in [4.69, 9.17) is 4.98 Å². The van der Waals surface area contributed by atoms with E-state index in [1.165, 1.54) is 0 Å². The molecule has 0 bridgehead atoms. The van der Waals surface area contributed by atoms with Crippen LogP contribution in [0.25, 0.3) is 21.6 Å². The fraction of sp³-hybridized carbons (Fsp3) is 0.0526. The van der Waals surface area contributed by atoms with E-state index in [1.54, 1.807) is 17.5 Å². The molecule has 26 heavy (non-hydrogen) atoms. The van der Waals surface area contributed by atoms with Crippen molar-refractivity contribution in [2.45, 2.75) is 6.92 Å². The molecule has 0 unspecified atom stereocenters. The molecule has 0 atom stereocenters. The second kappa shape index (κ2) is 6.89. The molecule has 0 aliphatic carbocycles. The maximum Gasteiger partial charge on any atom is 0.211 e. The number of benzene rings is 1. The van der Waals surface area contributed by atoms with Crippen LogP contribution in [0.2, 0.25) is 0 Å². The van der Waals surface area contributed by atoms with Gasteiger partial charge in [-0.3, -0.25) is 9.78 Å². The van der Waals surface area contributed by atoms with Crippen molar-refractivity contribution in [3.8, 4) is 11.4 Å². The lowest BCUT2D eigenvalue weighted by molar-refractivity contribution is -0.105. The van der Waals surface area contributed by atoms with Crippen molar-refractivity contribution in [2.75, 3.05) is 10.6 Å². The molecule has 2 N–H and O–H groups in total. The molecular formula is C19H15N5OS. The Balaban J connectivity index is 1.78. The van der Waals surface area contributed by atoms with Crippen molar-refractivity contribution >= 4 is 45.2 Å². The summed E-state index contributed by atoms with van der Waals surface area (Å²) < 4.78 is 0.983. The Hall–Kier alpha value is -3.32. The number of hydrogen-bond acceptors (Lipinski definition) is 6. The third kappa shape index (κ3) is 3.25. The number of thiophene rings is 1. The van der Waals surface area contributed by atoms with Crippen LogP contribution in [-0.4, -0.2) is 21.4 Å². The van der Waals surface area contributed by atoms with Gasteiger partial charge in [0.05, 0.1) is 22.1 Å². The Bertz CT molecular complexity index is 1070. The SMILES string of the molecule is Cc1ccc(Nc2nc(-c3cccc(NC=O)c3)nc3ccsc23)cn1. The highest BCUT2D eigenvalue weighted by molar-refractivity contribution is 7.17. The average Bonchev–Trinajstić information content (AvgIpc) is 3.13. The maximum absolute atomic E-state index is 10.7. The van der Waals surface area contributed by atoms with Gasteiger partial charge in [0.15, 0.2) is 11.6 Å². The van der Waals surface area contributed by atoms with E-state index in [9.17, 15) is 4.79 Å². The zero-order valence-electron chi connectivity index (χ0n) is 13.9. The minimum Gasteiger partial charge on any atom is -0.338 e. The van der Waals surface area contributed by atoms with Crippen molar-refractivity contribution in [1.29, 1.82) is 0 Å². The first-order valence-corrected chi connectivity index (χ1v) is 8.86. The molecule has 1 aromatic carbocycles. The molecule has 0 spiro atoms. The van der Waals surface area contributed by atoms with Gasteiger partial charge in [-0.2, -0.15) is 0 Å². The first-order chi connectivity index (χ1) is 12.7. The number of amides is 1. The fourth-order valence-electron chi connectivity index (χ4n) is 2.57. The number of hydrogen-bond donors (Lipinski definition) is 2. The van der Waals surface area contributed by atoms with Crippen LogP contribution in [0.4, 0.5) is 17.2 Å². The monoisotopic (exact) mass is 361 g/mol. The van der Waals surface area contributed by atoms with Crippen molar-refractivity contribution in [2.24, 2.45) is 0 Å². The van der Waals surface area contributed by atoms with Crippen LogP contribution < -0.4 is 10.6 Å². The molecule has 1 amide bonds. The van der Waals surface area contributed by atoms with Crippen molar-refractivity contribution in [3.63, 3.8) is 0 Å². The Labute approximate surface area is 154 Å². The van der Waals surface area contributed by atoms with E-state index in [0.29, 0.717) is 17.9 Å². The number of nitrogens with one attached hydrogen (secondary N) is 2. The number of aromatic nitrogens is 3. The molecule has 0 saturated heterocycles. The van der Waals surface area contributed by atoms with Crippen LogP contribution in [0.5, 0.6) is 0 Å². The third-order valence-corrected chi connectivity index (χ3v) is 4.73. The lowest BCUT2D eigenvalue weighted by Crippen LogP contribution is -1.99. The van der Waals surface area contributed by atoms with Gasteiger partial charge in [0.25, 0.3) is 0 Å². The van der Waals surface area contributed by atoms with Gasteiger partial charge in [-0.05, 0) is 42.6 Å². The highest BCUT2D eigenvalue weighted by atomic mass is 32.1. The molecule has 4 rings (SSSR count). The Kier molecular flexibility index (Phi) is 4.28. The lowest BCUT2D eigenvalue weighted by Gasteiger charge is -2.09. The van der Waals surface area contributed by atoms with Crippen LogP contribution in [0.15, 0.2) is 54.0 Å². The molecule has 7 heteroatoms. The zero-order valence-corrected chi connectivity index (χ0v) is 14.7. The van der Waals surface area contributed by atoms with Crippen molar-refractivity contribution in [1.82, 2.24) is 15.0 Å². The van der Waals surface area contributed by atoms with Gasteiger partial charge < -0.3 is 10.6 Å². The minimum absolute atomic E-state index is 0.591. The van der Waals surface area contributed by atoms with Crippen LogP contribution >= 0.6 is 11.3 Å². The molecule has 128 valence electrons.